The zero-order valence-corrected chi connectivity index (χ0v) is 8.27. The topological polar surface area (TPSA) is 47.3 Å². The van der Waals surface area contributed by atoms with Gasteiger partial charge in [-0.3, -0.25) is 4.68 Å². The maximum absolute atomic E-state index is 9.82. The number of rotatable bonds is 4. The molecule has 2 atom stereocenters. The van der Waals surface area contributed by atoms with Crippen LogP contribution in [0.5, 0.6) is 0 Å². The van der Waals surface area contributed by atoms with Crippen LogP contribution in [0, 0.1) is 0 Å². The van der Waals surface area contributed by atoms with Gasteiger partial charge in [0, 0.05) is 25.9 Å². The Morgan fingerprint density at radius 3 is 2.77 bits per heavy atom. The largest absolute Gasteiger partial charge is 0.386 e. The van der Waals surface area contributed by atoms with Crippen molar-refractivity contribution in [1.29, 1.82) is 0 Å². The van der Waals surface area contributed by atoms with Crippen LogP contribution in [0.2, 0.25) is 0 Å². The first-order valence-corrected chi connectivity index (χ1v) is 4.38. The van der Waals surface area contributed by atoms with Crippen LogP contribution in [0.4, 0.5) is 0 Å². The minimum absolute atomic E-state index is 0.149. The van der Waals surface area contributed by atoms with Crippen LogP contribution in [0.15, 0.2) is 12.4 Å². The third-order valence-corrected chi connectivity index (χ3v) is 2.12. The van der Waals surface area contributed by atoms with Crippen LogP contribution in [-0.2, 0) is 11.8 Å². The van der Waals surface area contributed by atoms with E-state index in [1.54, 1.807) is 24.2 Å². The summed E-state index contributed by atoms with van der Waals surface area (Å²) in [7, 11) is 3.43. The fourth-order valence-corrected chi connectivity index (χ4v) is 1.33. The molecule has 0 fully saturated rings. The fourth-order valence-electron chi connectivity index (χ4n) is 1.33. The van der Waals surface area contributed by atoms with E-state index in [2.05, 4.69) is 5.10 Å². The normalized spacial score (nSPS) is 15.7. The molecule has 74 valence electrons. The molecule has 0 aromatic carbocycles. The van der Waals surface area contributed by atoms with Crippen molar-refractivity contribution in [1.82, 2.24) is 9.78 Å². The minimum atomic E-state index is -0.580. The molecule has 0 amide bonds. The van der Waals surface area contributed by atoms with Gasteiger partial charge in [-0.15, -0.1) is 0 Å². The number of aryl methyl sites for hydroxylation is 1. The van der Waals surface area contributed by atoms with Gasteiger partial charge in [0.15, 0.2) is 0 Å². The molecule has 0 spiro atoms. The molecule has 1 heterocycles. The molecule has 1 rings (SSSR count). The Labute approximate surface area is 78.1 Å². The summed E-state index contributed by atoms with van der Waals surface area (Å²) in [6, 6.07) is 0. The highest BCUT2D eigenvalue weighted by Crippen LogP contribution is 2.19. The smallest absolute Gasteiger partial charge is 0.108 e. The Morgan fingerprint density at radius 1 is 1.69 bits per heavy atom. The Balaban J connectivity index is 2.71. The van der Waals surface area contributed by atoms with Gasteiger partial charge in [-0.05, 0) is 6.42 Å². The maximum atomic E-state index is 9.82. The van der Waals surface area contributed by atoms with Crippen LogP contribution < -0.4 is 0 Å². The molecule has 1 aromatic rings. The number of aromatic nitrogens is 2. The molecule has 0 radical (unpaired) electrons. The first-order valence-electron chi connectivity index (χ1n) is 4.38. The van der Waals surface area contributed by atoms with Gasteiger partial charge in [0.1, 0.15) is 6.10 Å². The van der Waals surface area contributed by atoms with Crippen molar-refractivity contribution in [3.63, 3.8) is 0 Å². The van der Waals surface area contributed by atoms with Crippen molar-refractivity contribution in [3.05, 3.63) is 18.0 Å². The first-order chi connectivity index (χ1) is 6.19. The number of hydrogen-bond acceptors (Lipinski definition) is 3. The summed E-state index contributed by atoms with van der Waals surface area (Å²) in [4.78, 5) is 0. The summed E-state index contributed by atoms with van der Waals surface area (Å²) < 4.78 is 6.81. The number of ether oxygens (including phenoxy) is 1. The monoisotopic (exact) mass is 184 g/mol. The van der Waals surface area contributed by atoms with E-state index < -0.39 is 6.10 Å². The molecule has 0 aliphatic rings. The highest BCUT2D eigenvalue weighted by Gasteiger charge is 2.19. The van der Waals surface area contributed by atoms with Crippen molar-refractivity contribution < 1.29 is 9.84 Å². The molecule has 0 saturated carbocycles. The summed E-state index contributed by atoms with van der Waals surface area (Å²) in [6.07, 6.45) is 3.51. The summed E-state index contributed by atoms with van der Waals surface area (Å²) in [5, 5.41) is 13.8. The van der Waals surface area contributed by atoms with E-state index in [0.29, 0.717) is 0 Å². The van der Waals surface area contributed by atoms with E-state index in [1.165, 1.54) is 0 Å². The second-order valence-corrected chi connectivity index (χ2v) is 3.07. The average molecular weight is 184 g/mol. The van der Waals surface area contributed by atoms with Gasteiger partial charge in [-0.2, -0.15) is 5.10 Å². The quantitative estimate of drug-likeness (QED) is 0.755. The predicted octanol–water partition coefficient (Wildman–Crippen LogP) is 0.879. The zero-order valence-electron chi connectivity index (χ0n) is 8.27. The summed E-state index contributed by atoms with van der Waals surface area (Å²) in [5.74, 6) is 0. The number of nitrogens with zero attached hydrogens (tertiary/aromatic N) is 2. The lowest BCUT2D eigenvalue weighted by molar-refractivity contribution is -0.0149. The molecule has 0 saturated heterocycles. The molecule has 0 aliphatic carbocycles. The lowest BCUT2D eigenvalue weighted by Gasteiger charge is -2.18. The molecule has 0 aliphatic heterocycles. The molecule has 4 nitrogen and oxygen atoms in total. The van der Waals surface area contributed by atoms with Crippen molar-refractivity contribution in [2.45, 2.75) is 25.6 Å². The van der Waals surface area contributed by atoms with Gasteiger partial charge in [-0.1, -0.05) is 6.92 Å². The van der Waals surface area contributed by atoms with Crippen LogP contribution >= 0.6 is 0 Å². The Morgan fingerprint density at radius 2 is 2.38 bits per heavy atom. The van der Waals surface area contributed by atoms with Crippen molar-refractivity contribution in [3.8, 4) is 0 Å². The predicted molar refractivity (Wildman–Crippen MR) is 49.3 cm³/mol. The molecule has 0 bridgehead atoms. The molecule has 4 heteroatoms. The summed E-state index contributed by atoms with van der Waals surface area (Å²) in [5.41, 5.74) is 0.802. The second-order valence-electron chi connectivity index (χ2n) is 3.07. The van der Waals surface area contributed by atoms with Crippen molar-refractivity contribution in [2.75, 3.05) is 7.11 Å². The number of aliphatic hydroxyl groups is 1. The third-order valence-electron chi connectivity index (χ3n) is 2.12. The van der Waals surface area contributed by atoms with Crippen LogP contribution in [0.1, 0.15) is 25.0 Å². The molecular formula is C9H16N2O2. The molecular weight excluding hydrogens is 168 g/mol. The van der Waals surface area contributed by atoms with Gasteiger partial charge >= 0.3 is 0 Å². The van der Waals surface area contributed by atoms with Crippen LogP contribution in [0.3, 0.4) is 0 Å². The zero-order chi connectivity index (χ0) is 9.84. The number of hydrogen-bond donors (Lipinski definition) is 1. The van der Waals surface area contributed by atoms with E-state index >= 15 is 0 Å². The lowest BCUT2D eigenvalue weighted by atomic mass is 10.1. The van der Waals surface area contributed by atoms with Gasteiger partial charge < -0.3 is 9.84 Å². The van der Waals surface area contributed by atoms with E-state index in [0.717, 1.165) is 12.0 Å². The first kappa shape index (κ1) is 10.2. The number of aliphatic hydroxyl groups excluding tert-OH is 1. The van der Waals surface area contributed by atoms with Gasteiger partial charge in [0.2, 0.25) is 0 Å². The van der Waals surface area contributed by atoms with Crippen LogP contribution in [-0.4, -0.2) is 28.1 Å². The SMILES string of the molecule is CCC(OC)C(O)c1cnn(C)c1. The Hall–Kier alpha value is -0.870. The van der Waals surface area contributed by atoms with Crippen molar-refractivity contribution in [2.24, 2.45) is 7.05 Å². The Bertz CT molecular complexity index is 256. The summed E-state index contributed by atoms with van der Waals surface area (Å²) in [6.45, 7) is 1.98. The van der Waals surface area contributed by atoms with Crippen molar-refractivity contribution >= 4 is 0 Å². The van der Waals surface area contributed by atoms with Gasteiger partial charge in [-0.25, -0.2) is 0 Å². The third kappa shape index (κ3) is 2.29. The average Bonchev–Trinajstić information content (AvgIpc) is 2.54. The molecule has 1 aromatic heterocycles. The van der Waals surface area contributed by atoms with E-state index in [9.17, 15) is 5.11 Å². The molecule has 2 unspecified atom stereocenters. The van der Waals surface area contributed by atoms with Gasteiger partial charge in [0.25, 0.3) is 0 Å². The molecule has 13 heavy (non-hydrogen) atoms. The molecule has 1 N–H and O–H groups in total. The van der Waals surface area contributed by atoms with E-state index in [-0.39, 0.29) is 6.10 Å². The minimum Gasteiger partial charge on any atom is -0.386 e. The fraction of sp³-hybridized carbons (Fsp3) is 0.667. The second kappa shape index (κ2) is 4.39. The van der Waals surface area contributed by atoms with E-state index in [1.807, 2.05) is 14.0 Å². The van der Waals surface area contributed by atoms with Gasteiger partial charge in [0.05, 0.1) is 12.3 Å². The maximum Gasteiger partial charge on any atom is 0.108 e. The summed E-state index contributed by atoms with van der Waals surface area (Å²) >= 11 is 0. The standard InChI is InChI=1S/C9H16N2O2/c1-4-8(13-3)9(12)7-5-10-11(2)6-7/h5-6,8-9,12H,4H2,1-3H3. The Kier molecular flexibility index (Phi) is 3.45. The highest BCUT2D eigenvalue weighted by molar-refractivity contribution is 5.09. The number of methoxy groups -OCH3 is 1. The van der Waals surface area contributed by atoms with Crippen LogP contribution in [0.25, 0.3) is 0 Å². The van der Waals surface area contributed by atoms with E-state index in [4.69, 9.17) is 4.74 Å². The highest BCUT2D eigenvalue weighted by atomic mass is 16.5. The lowest BCUT2D eigenvalue weighted by Crippen LogP contribution is -2.19.